The topological polar surface area (TPSA) is 48.3 Å². The van der Waals surface area contributed by atoms with Crippen LogP contribution < -0.4 is 5.32 Å². The average Bonchev–Trinajstić information content (AvgIpc) is 2.34. The van der Waals surface area contributed by atoms with E-state index in [9.17, 15) is 0 Å². The van der Waals surface area contributed by atoms with Crippen LogP contribution >= 0.6 is 0 Å². The third-order valence-electron chi connectivity index (χ3n) is 2.94. The lowest BCUT2D eigenvalue weighted by Crippen LogP contribution is -2.44. The number of nitriles is 1. The zero-order valence-electron chi connectivity index (χ0n) is 11.8. The molecule has 17 heavy (non-hydrogen) atoms. The fourth-order valence-electron chi connectivity index (χ4n) is 1.72. The third-order valence-corrected chi connectivity index (χ3v) is 2.94. The molecule has 0 saturated heterocycles. The van der Waals surface area contributed by atoms with Gasteiger partial charge >= 0.3 is 0 Å². The second-order valence-electron chi connectivity index (χ2n) is 4.36. The van der Waals surface area contributed by atoms with Crippen LogP contribution in [0.4, 0.5) is 0 Å². The molecule has 4 heteroatoms. The second-order valence-corrected chi connectivity index (χ2v) is 4.36. The second kappa shape index (κ2) is 9.41. The number of hydrogen-bond donors (Lipinski definition) is 1. The van der Waals surface area contributed by atoms with Crippen LogP contribution in [0.15, 0.2) is 0 Å². The first-order valence-corrected chi connectivity index (χ1v) is 6.58. The molecule has 0 aliphatic rings. The van der Waals surface area contributed by atoms with Gasteiger partial charge in [-0.2, -0.15) is 5.26 Å². The third kappa shape index (κ3) is 7.32. The molecule has 0 rings (SSSR count). The fourth-order valence-corrected chi connectivity index (χ4v) is 1.72. The minimum absolute atomic E-state index is 0.409. The van der Waals surface area contributed by atoms with Crippen molar-refractivity contribution in [2.75, 3.05) is 39.4 Å². The molecule has 0 bridgehead atoms. The molecular formula is C13H27N3O. The molecule has 100 valence electrons. The minimum Gasteiger partial charge on any atom is -0.380 e. The van der Waals surface area contributed by atoms with E-state index >= 15 is 0 Å². The molecule has 4 nitrogen and oxygen atoms in total. The van der Waals surface area contributed by atoms with Crippen molar-refractivity contribution in [2.24, 2.45) is 0 Å². The lowest BCUT2D eigenvalue weighted by atomic mass is 9.99. The molecule has 0 heterocycles. The number of nitrogens with zero attached hydrogens (tertiary/aromatic N) is 2. The SMILES string of the molecule is CCNC(C)(C#N)CCN(CC)CCOCC. The van der Waals surface area contributed by atoms with Crippen LogP contribution in [0.25, 0.3) is 0 Å². The minimum atomic E-state index is -0.409. The van der Waals surface area contributed by atoms with Crippen molar-refractivity contribution in [3.63, 3.8) is 0 Å². The summed E-state index contributed by atoms with van der Waals surface area (Å²) in [5.41, 5.74) is -0.409. The summed E-state index contributed by atoms with van der Waals surface area (Å²) in [6.07, 6.45) is 0.845. The van der Waals surface area contributed by atoms with Gasteiger partial charge in [0.2, 0.25) is 0 Å². The molecule has 0 radical (unpaired) electrons. The standard InChI is InChI=1S/C13H27N3O/c1-5-15-13(4,12-14)8-9-16(6-2)10-11-17-7-3/h15H,5-11H2,1-4H3. The van der Waals surface area contributed by atoms with E-state index in [1.807, 2.05) is 20.8 Å². The number of ether oxygens (including phenoxy) is 1. The van der Waals surface area contributed by atoms with E-state index in [2.05, 4.69) is 23.2 Å². The number of nitrogens with one attached hydrogen (secondary N) is 1. The van der Waals surface area contributed by atoms with Gasteiger partial charge in [0.25, 0.3) is 0 Å². The van der Waals surface area contributed by atoms with E-state index in [-0.39, 0.29) is 0 Å². The quantitative estimate of drug-likeness (QED) is 0.591. The van der Waals surface area contributed by atoms with Gasteiger partial charge in [0.05, 0.1) is 12.7 Å². The molecule has 0 amide bonds. The normalized spacial score (nSPS) is 14.6. The maximum absolute atomic E-state index is 9.16. The first-order chi connectivity index (χ1) is 8.11. The predicted molar refractivity (Wildman–Crippen MR) is 70.9 cm³/mol. The van der Waals surface area contributed by atoms with E-state index < -0.39 is 5.54 Å². The van der Waals surface area contributed by atoms with Crippen LogP contribution in [0, 0.1) is 11.3 Å². The van der Waals surface area contributed by atoms with Crippen molar-refractivity contribution in [2.45, 2.75) is 39.7 Å². The van der Waals surface area contributed by atoms with Crippen LogP contribution in [0.5, 0.6) is 0 Å². The lowest BCUT2D eigenvalue weighted by Gasteiger charge is -2.27. The largest absolute Gasteiger partial charge is 0.380 e. The highest BCUT2D eigenvalue weighted by Crippen LogP contribution is 2.09. The van der Waals surface area contributed by atoms with Gasteiger partial charge < -0.3 is 9.64 Å². The van der Waals surface area contributed by atoms with Gasteiger partial charge in [0.15, 0.2) is 0 Å². The van der Waals surface area contributed by atoms with Crippen molar-refractivity contribution < 1.29 is 4.74 Å². The van der Waals surface area contributed by atoms with Crippen molar-refractivity contribution in [1.82, 2.24) is 10.2 Å². The average molecular weight is 241 g/mol. The summed E-state index contributed by atoms with van der Waals surface area (Å²) in [6, 6.07) is 2.36. The van der Waals surface area contributed by atoms with Gasteiger partial charge in [0.1, 0.15) is 5.54 Å². The van der Waals surface area contributed by atoms with E-state index in [0.29, 0.717) is 0 Å². The summed E-state index contributed by atoms with van der Waals surface area (Å²) in [7, 11) is 0. The molecule has 1 atom stereocenters. The van der Waals surface area contributed by atoms with Crippen LogP contribution in [0.3, 0.4) is 0 Å². The van der Waals surface area contributed by atoms with Gasteiger partial charge in [-0.25, -0.2) is 0 Å². The summed E-state index contributed by atoms with van der Waals surface area (Å²) in [4.78, 5) is 2.32. The van der Waals surface area contributed by atoms with Crippen LogP contribution in [0.1, 0.15) is 34.1 Å². The Balaban J connectivity index is 3.99. The van der Waals surface area contributed by atoms with Gasteiger partial charge in [0, 0.05) is 19.7 Å². The summed E-state index contributed by atoms with van der Waals surface area (Å²) < 4.78 is 5.35. The number of likely N-dealkylation sites (N-methyl/N-ethyl adjacent to an activating group) is 1. The summed E-state index contributed by atoms with van der Waals surface area (Å²) in [5.74, 6) is 0. The van der Waals surface area contributed by atoms with Crippen molar-refractivity contribution in [1.29, 1.82) is 5.26 Å². The number of rotatable bonds is 10. The van der Waals surface area contributed by atoms with Gasteiger partial charge in [-0.3, -0.25) is 5.32 Å². The van der Waals surface area contributed by atoms with Crippen molar-refractivity contribution >= 4 is 0 Å². The predicted octanol–water partition coefficient (Wildman–Crippen LogP) is 1.63. The molecule has 0 fully saturated rings. The Labute approximate surface area is 106 Å². The Hall–Kier alpha value is -0.630. The van der Waals surface area contributed by atoms with Crippen LogP contribution in [-0.4, -0.2) is 49.8 Å². The zero-order chi connectivity index (χ0) is 13.1. The molecule has 0 saturated carbocycles. The lowest BCUT2D eigenvalue weighted by molar-refractivity contribution is 0.112. The number of hydrogen-bond acceptors (Lipinski definition) is 4. The molecule has 0 aliphatic heterocycles. The Morgan fingerprint density at radius 3 is 2.47 bits per heavy atom. The van der Waals surface area contributed by atoms with Crippen LogP contribution in [0.2, 0.25) is 0 Å². The van der Waals surface area contributed by atoms with Crippen molar-refractivity contribution in [3.8, 4) is 6.07 Å². The van der Waals surface area contributed by atoms with Crippen LogP contribution in [-0.2, 0) is 4.74 Å². The van der Waals surface area contributed by atoms with Crippen molar-refractivity contribution in [3.05, 3.63) is 0 Å². The Bertz CT molecular complexity index is 227. The molecule has 0 aromatic heterocycles. The fraction of sp³-hybridized carbons (Fsp3) is 0.923. The smallest absolute Gasteiger partial charge is 0.105 e. The van der Waals surface area contributed by atoms with E-state index in [0.717, 1.165) is 45.8 Å². The summed E-state index contributed by atoms with van der Waals surface area (Å²) >= 11 is 0. The van der Waals surface area contributed by atoms with E-state index in [1.165, 1.54) is 0 Å². The van der Waals surface area contributed by atoms with E-state index in [1.54, 1.807) is 0 Å². The summed E-state index contributed by atoms with van der Waals surface area (Å²) in [5, 5.41) is 12.4. The zero-order valence-corrected chi connectivity index (χ0v) is 11.8. The maximum Gasteiger partial charge on any atom is 0.105 e. The Morgan fingerprint density at radius 2 is 2.00 bits per heavy atom. The molecule has 0 aliphatic carbocycles. The molecule has 0 aromatic carbocycles. The van der Waals surface area contributed by atoms with Gasteiger partial charge in [-0.1, -0.05) is 13.8 Å². The first-order valence-electron chi connectivity index (χ1n) is 6.58. The molecule has 1 unspecified atom stereocenters. The summed E-state index contributed by atoms with van der Waals surface area (Å²) in [6.45, 7) is 13.4. The monoisotopic (exact) mass is 241 g/mol. The highest BCUT2D eigenvalue weighted by atomic mass is 16.5. The Kier molecular flexibility index (Phi) is 9.06. The Morgan fingerprint density at radius 1 is 1.29 bits per heavy atom. The molecule has 0 aromatic rings. The first kappa shape index (κ1) is 16.4. The van der Waals surface area contributed by atoms with E-state index in [4.69, 9.17) is 10.00 Å². The molecule has 0 spiro atoms. The molecular weight excluding hydrogens is 214 g/mol. The highest BCUT2D eigenvalue weighted by molar-refractivity contribution is 5.03. The maximum atomic E-state index is 9.16. The van der Waals surface area contributed by atoms with Gasteiger partial charge in [-0.15, -0.1) is 0 Å². The van der Waals surface area contributed by atoms with Gasteiger partial charge in [-0.05, 0) is 33.4 Å². The molecule has 1 N–H and O–H groups in total. The highest BCUT2D eigenvalue weighted by Gasteiger charge is 2.22.